The summed E-state index contributed by atoms with van der Waals surface area (Å²) in [4.78, 5) is 12.0. The fraction of sp³-hybridized carbons (Fsp3) is 0.357. The molecule has 0 radical (unpaired) electrons. The van der Waals surface area contributed by atoms with Gasteiger partial charge in [-0.05, 0) is 19.1 Å². The molecule has 160 valence electrons. The Bertz CT molecular complexity index is 925. The number of alkyl halides is 6. The Hall–Kier alpha value is -1.31. The SMILES string of the molecule is CC(=O)C1(c2c(Cl)cc(C(F)(F)F)cc2Cl)N=NC(NSC(F)(F)F)=C1S(C)=O. The molecule has 5 nitrogen and oxygen atoms in total. The maximum absolute atomic E-state index is 13.0. The summed E-state index contributed by atoms with van der Waals surface area (Å²) in [6, 6.07) is 0.962. The molecule has 1 N–H and O–H groups in total. The van der Waals surface area contributed by atoms with Crippen molar-refractivity contribution in [3.8, 4) is 0 Å². The first kappa shape index (κ1) is 24.0. The van der Waals surface area contributed by atoms with Gasteiger partial charge in [-0.15, -0.1) is 5.11 Å². The minimum atomic E-state index is -4.81. The molecule has 29 heavy (non-hydrogen) atoms. The lowest BCUT2D eigenvalue weighted by Crippen LogP contribution is -2.36. The summed E-state index contributed by atoms with van der Waals surface area (Å²) < 4.78 is 90.6. The summed E-state index contributed by atoms with van der Waals surface area (Å²) in [5.41, 5.74) is -8.80. The number of azo groups is 1. The number of Topliss-reactive ketones (excluding diaryl/α,β-unsaturated/α-hetero) is 1. The highest BCUT2D eigenvalue weighted by Gasteiger charge is 2.52. The van der Waals surface area contributed by atoms with Crippen LogP contribution in [-0.2, 0) is 27.3 Å². The molecule has 0 fully saturated rings. The Morgan fingerprint density at radius 1 is 1.17 bits per heavy atom. The fourth-order valence-electron chi connectivity index (χ4n) is 2.56. The summed E-state index contributed by atoms with van der Waals surface area (Å²) in [6.07, 6.45) is -3.77. The topological polar surface area (TPSA) is 70.9 Å². The first-order chi connectivity index (χ1) is 13.1. The van der Waals surface area contributed by atoms with Gasteiger partial charge in [-0.3, -0.25) is 9.00 Å². The average molecular weight is 500 g/mol. The van der Waals surface area contributed by atoms with Gasteiger partial charge in [0.15, 0.2) is 11.6 Å². The number of halogens is 8. The number of carbonyl (C=O) groups excluding carboxylic acids is 1. The van der Waals surface area contributed by atoms with E-state index in [4.69, 9.17) is 23.2 Å². The molecule has 0 saturated carbocycles. The van der Waals surface area contributed by atoms with Crippen molar-refractivity contribution >= 4 is 51.7 Å². The van der Waals surface area contributed by atoms with Crippen LogP contribution in [0.15, 0.2) is 33.1 Å². The van der Waals surface area contributed by atoms with E-state index in [1.54, 1.807) is 4.72 Å². The Morgan fingerprint density at radius 2 is 1.69 bits per heavy atom. The molecule has 0 bridgehead atoms. The molecular formula is C14H9Cl2F6N3O2S2. The van der Waals surface area contributed by atoms with E-state index in [0.717, 1.165) is 13.2 Å². The number of nitrogens with one attached hydrogen (secondary N) is 1. The number of hydrogen-bond acceptors (Lipinski definition) is 6. The lowest BCUT2D eigenvalue weighted by molar-refractivity contribution is -0.137. The van der Waals surface area contributed by atoms with Crippen LogP contribution in [0.2, 0.25) is 10.0 Å². The molecule has 0 saturated heterocycles. The van der Waals surface area contributed by atoms with Crippen LogP contribution in [0.4, 0.5) is 26.3 Å². The third-order valence-electron chi connectivity index (χ3n) is 3.64. The quantitative estimate of drug-likeness (QED) is 0.424. The lowest BCUT2D eigenvalue weighted by Gasteiger charge is -2.27. The van der Waals surface area contributed by atoms with Gasteiger partial charge in [0.25, 0.3) is 0 Å². The fourth-order valence-corrected chi connectivity index (χ4v) is 4.80. The maximum atomic E-state index is 13.0. The molecule has 1 aromatic rings. The predicted molar refractivity (Wildman–Crippen MR) is 96.6 cm³/mol. The minimum Gasteiger partial charge on any atom is -0.305 e. The van der Waals surface area contributed by atoms with E-state index in [0.29, 0.717) is 12.1 Å². The number of hydrogen-bond donors (Lipinski definition) is 1. The van der Waals surface area contributed by atoms with Crippen LogP contribution in [0.1, 0.15) is 18.1 Å². The molecule has 15 heteroatoms. The summed E-state index contributed by atoms with van der Waals surface area (Å²) in [7, 11) is -2.14. The van der Waals surface area contributed by atoms with Gasteiger partial charge in [0, 0.05) is 21.9 Å². The van der Waals surface area contributed by atoms with Gasteiger partial charge in [-0.25, -0.2) is 0 Å². The molecular weight excluding hydrogens is 491 g/mol. The largest absolute Gasteiger partial charge is 0.461 e. The van der Waals surface area contributed by atoms with E-state index in [-0.39, 0.29) is 0 Å². The van der Waals surface area contributed by atoms with Crippen LogP contribution in [0.25, 0.3) is 0 Å². The standard InChI is InChI=1S/C14H9Cl2F6N3O2S2/c1-5(26)12(9-7(15)3-6(4-8(9)16)13(17,18)19)10(29(2)27)11(23-25-12)24-28-14(20,21)22/h3-4,24H,1-2H3. The second-order valence-corrected chi connectivity index (χ2v) is 8.56. The zero-order valence-electron chi connectivity index (χ0n) is 14.2. The van der Waals surface area contributed by atoms with Crippen molar-refractivity contribution in [2.45, 2.75) is 24.1 Å². The molecule has 2 rings (SSSR count). The highest BCUT2D eigenvalue weighted by atomic mass is 35.5. The monoisotopic (exact) mass is 499 g/mol. The normalized spacial score (nSPS) is 20.9. The van der Waals surface area contributed by atoms with E-state index in [1.165, 1.54) is 0 Å². The average Bonchev–Trinajstić information content (AvgIpc) is 2.91. The van der Waals surface area contributed by atoms with Gasteiger partial charge >= 0.3 is 11.7 Å². The molecule has 1 aliphatic heterocycles. The van der Waals surface area contributed by atoms with Crippen molar-refractivity contribution in [1.82, 2.24) is 4.72 Å². The molecule has 1 aliphatic rings. The van der Waals surface area contributed by atoms with E-state index in [9.17, 15) is 35.3 Å². The van der Waals surface area contributed by atoms with Gasteiger partial charge in [0.05, 0.1) is 28.3 Å². The van der Waals surface area contributed by atoms with Crippen LogP contribution in [0.5, 0.6) is 0 Å². The van der Waals surface area contributed by atoms with E-state index in [2.05, 4.69) is 10.2 Å². The number of ketones is 1. The smallest absolute Gasteiger partial charge is 0.305 e. The van der Waals surface area contributed by atoms with Crippen LogP contribution in [0.3, 0.4) is 0 Å². The molecule has 2 atom stereocenters. The number of benzene rings is 1. The third-order valence-corrected chi connectivity index (χ3v) is 5.82. The van der Waals surface area contributed by atoms with Crippen molar-refractivity contribution in [3.63, 3.8) is 0 Å². The summed E-state index contributed by atoms with van der Waals surface area (Å²) in [5, 5.41) is 5.82. The summed E-state index contributed by atoms with van der Waals surface area (Å²) in [6.45, 7) is 0.941. The first-order valence-corrected chi connectivity index (χ1v) is 10.3. The maximum Gasteiger partial charge on any atom is 0.461 e. The zero-order chi connectivity index (χ0) is 22.4. The molecule has 0 spiro atoms. The van der Waals surface area contributed by atoms with E-state index >= 15 is 0 Å². The highest BCUT2D eigenvalue weighted by molar-refractivity contribution is 7.98. The van der Waals surface area contributed by atoms with Crippen LogP contribution >= 0.6 is 35.1 Å². The van der Waals surface area contributed by atoms with Gasteiger partial charge in [-0.1, -0.05) is 23.2 Å². The Labute approximate surface area is 176 Å². The molecule has 1 aromatic carbocycles. The van der Waals surface area contributed by atoms with E-state index < -0.39 is 77.7 Å². The number of nitrogens with zero attached hydrogens (tertiary/aromatic N) is 2. The molecule has 2 unspecified atom stereocenters. The Morgan fingerprint density at radius 3 is 2.07 bits per heavy atom. The highest BCUT2D eigenvalue weighted by Crippen LogP contribution is 2.50. The van der Waals surface area contributed by atoms with Crippen LogP contribution in [0, 0.1) is 0 Å². The molecule has 0 aromatic heterocycles. The first-order valence-electron chi connectivity index (χ1n) is 7.21. The second-order valence-electron chi connectivity index (χ2n) is 5.56. The van der Waals surface area contributed by atoms with E-state index in [1.807, 2.05) is 0 Å². The summed E-state index contributed by atoms with van der Waals surface area (Å²) in [5.74, 6) is -1.56. The van der Waals surface area contributed by atoms with Crippen molar-refractivity contribution < 1.29 is 35.3 Å². The van der Waals surface area contributed by atoms with Crippen molar-refractivity contribution in [2.24, 2.45) is 10.2 Å². The zero-order valence-corrected chi connectivity index (χ0v) is 17.4. The van der Waals surface area contributed by atoms with Crippen LogP contribution in [-0.4, -0.2) is 21.8 Å². The number of carbonyl (C=O) groups is 1. The second kappa shape index (κ2) is 8.08. The Kier molecular flexibility index (Phi) is 6.68. The Balaban J connectivity index is 2.75. The number of rotatable bonds is 5. The van der Waals surface area contributed by atoms with Crippen molar-refractivity contribution in [2.75, 3.05) is 6.26 Å². The van der Waals surface area contributed by atoms with Crippen LogP contribution < -0.4 is 4.72 Å². The molecule has 1 heterocycles. The minimum absolute atomic E-state index is 0.468. The van der Waals surface area contributed by atoms with Gasteiger partial charge in [0.1, 0.15) is 4.91 Å². The van der Waals surface area contributed by atoms with Crippen molar-refractivity contribution in [1.29, 1.82) is 0 Å². The molecule has 0 aliphatic carbocycles. The van der Waals surface area contributed by atoms with Gasteiger partial charge < -0.3 is 4.72 Å². The lowest BCUT2D eigenvalue weighted by atomic mass is 9.86. The third kappa shape index (κ3) is 4.72. The van der Waals surface area contributed by atoms with Crippen molar-refractivity contribution in [3.05, 3.63) is 44.0 Å². The predicted octanol–water partition coefficient (Wildman–Crippen LogP) is 5.57. The van der Waals surface area contributed by atoms with Gasteiger partial charge in [0.2, 0.25) is 5.54 Å². The van der Waals surface area contributed by atoms with Gasteiger partial charge in [-0.2, -0.15) is 31.5 Å². The summed E-state index contributed by atoms with van der Waals surface area (Å²) >= 11 is 11.2. The molecule has 0 amide bonds.